The molecule has 1 heterocycles. The van der Waals surface area contributed by atoms with Gasteiger partial charge in [-0.3, -0.25) is 9.69 Å². The van der Waals surface area contributed by atoms with E-state index in [-0.39, 0.29) is 16.8 Å². The number of rotatable bonds is 6. The predicted octanol–water partition coefficient (Wildman–Crippen LogP) is 1.12. The van der Waals surface area contributed by atoms with Gasteiger partial charge >= 0.3 is 0 Å². The van der Waals surface area contributed by atoms with Crippen LogP contribution in [0, 0.1) is 6.92 Å². The van der Waals surface area contributed by atoms with Gasteiger partial charge in [-0.2, -0.15) is 0 Å². The zero-order valence-corrected chi connectivity index (χ0v) is 14.7. The maximum Gasteiger partial charge on any atom is 0.251 e. The first-order chi connectivity index (χ1) is 10.8. The Labute approximate surface area is 138 Å². The standard InChI is InChI=1S/C16H25N3O3S/c1-12-6-7-14(23(21,22)17-3)10-15(12)16(20)18-11-13(2)19-8-4-5-9-19/h6-7,10,13,17H,4-5,8-9,11H2,1-3H3,(H,18,20). The number of sulfonamides is 1. The monoisotopic (exact) mass is 339 g/mol. The zero-order valence-electron chi connectivity index (χ0n) is 13.9. The van der Waals surface area contributed by atoms with E-state index in [1.807, 2.05) is 0 Å². The van der Waals surface area contributed by atoms with E-state index in [4.69, 9.17) is 0 Å². The van der Waals surface area contributed by atoms with Gasteiger partial charge in [-0.15, -0.1) is 0 Å². The van der Waals surface area contributed by atoms with Gasteiger partial charge in [-0.1, -0.05) is 6.07 Å². The van der Waals surface area contributed by atoms with E-state index >= 15 is 0 Å². The summed E-state index contributed by atoms with van der Waals surface area (Å²) in [6, 6.07) is 4.87. The molecule has 1 aliphatic rings. The number of aryl methyl sites for hydroxylation is 1. The number of likely N-dealkylation sites (tertiary alicyclic amines) is 1. The Bertz CT molecular complexity index is 667. The normalized spacial score (nSPS) is 17.2. The minimum atomic E-state index is -3.55. The fourth-order valence-corrected chi connectivity index (χ4v) is 3.53. The molecule has 1 aromatic rings. The molecular formula is C16H25N3O3S. The van der Waals surface area contributed by atoms with Crippen LogP contribution >= 0.6 is 0 Å². The molecule has 1 atom stereocenters. The second kappa shape index (κ2) is 7.42. The highest BCUT2D eigenvalue weighted by Crippen LogP contribution is 2.16. The minimum Gasteiger partial charge on any atom is -0.350 e. The Morgan fingerprint density at radius 2 is 1.96 bits per heavy atom. The summed E-state index contributed by atoms with van der Waals surface area (Å²) >= 11 is 0. The number of nitrogens with zero attached hydrogens (tertiary/aromatic N) is 1. The van der Waals surface area contributed by atoms with Crippen molar-refractivity contribution >= 4 is 15.9 Å². The Hall–Kier alpha value is -1.44. The molecule has 128 valence electrons. The third kappa shape index (κ3) is 4.31. The van der Waals surface area contributed by atoms with Crippen LogP contribution in [0.15, 0.2) is 23.1 Å². The van der Waals surface area contributed by atoms with Crippen molar-refractivity contribution in [2.45, 2.75) is 37.6 Å². The second-order valence-electron chi connectivity index (χ2n) is 5.99. The molecule has 0 bridgehead atoms. The molecule has 2 rings (SSSR count). The van der Waals surface area contributed by atoms with Crippen LogP contribution in [-0.4, -0.2) is 51.9 Å². The van der Waals surface area contributed by atoms with Gasteiger partial charge in [0, 0.05) is 18.2 Å². The SMILES string of the molecule is CNS(=O)(=O)c1ccc(C)c(C(=O)NCC(C)N2CCCC2)c1. The molecule has 1 unspecified atom stereocenters. The van der Waals surface area contributed by atoms with E-state index in [0.717, 1.165) is 18.7 Å². The lowest BCUT2D eigenvalue weighted by atomic mass is 10.1. The molecule has 1 saturated heterocycles. The molecule has 2 N–H and O–H groups in total. The third-order valence-electron chi connectivity index (χ3n) is 4.35. The lowest BCUT2D eigenvalue weighted by Gasteiger charge is -2.24. The largest absolute Gasteiger partial charge is 0.350 e. The van der Waals surface area contributed by atoms with Gasteiger partial charge in [-0.05, 0) is 64.5 Å². The van der Waals surface area contributed by atoms with Crippen molar-refractivity contribution < 1.29 is 13.2 Å². The van der Waals surface area contributed by atoms with E-state index in [2.05, 4.69) is 21.9 Å². The Morgan fingerprint density at radius 1 is 1.30 bits per heavy atom. The summed E-state index contributed by atoms with van der Waals surface area (Å²) in [4.78, 5) is 14.9. The quantitative estimate of drug-likeness (QED) is 0.814. The van der Waals surface area contributed by atoms with Crippen LogP contribution < -0.4 is 10.0 Å². The molecular weight excluding hydrogens is 314 g/mol. The molecule has 0 spiro atoms. The average molecular weight is 339 g/mol. The van der Waals surface area contributed by atoms with E-state index in [1.54, 1.807) is 13.0 Å². The van der Waals surface area contributed by atoms with Crippen LogP contribution in [0.1, 0.15) is 35.7 Å². The molecule has 1 aliphatic heterocycles. The topological polar surface area (TPSA) is 78.5 Å². The van der Waals surface area contributed by atoms with E-state index in [1.165, 1.54) is 32.0 Å². The van der Waals surface area contributed by atoms with Crippen LogP contribution in [0.5, 0.6) is 0 Å². The highest BCUT2D eigenvalue weighted by atomic mass is 32.2. The van der Waals surface area contributed by atoms with Gasteiger partial charge in [0.15, 0.2) is 0 Å². The summed E-state index contributed by atoms with van der Waals surface area (Å²) in [6.07, 6.45) is 2.42. The second-order valence-corrected chi connectivity index (χ2v) is 7.87. The summed E-state index contributed by atoms with van der Waals surface area (Å²) in [7, 11) is -2.20. The van der Waals surface area contributed by atoms with E-state index in [0.29, 0.717) is 12.1 Å². The van der Waals surface area contributed by atoms with Crippen LogP contribution in [0.25, 0.3) is 0 Å². The molecule has 6 nitrogen and oxygen atoms in total. The van der Waals surface area contributed by atoms with E-state index < -0.39 is 10.0 Å². The number of hydrogen-bond acceptors (Lipinski definition) is 4. The van der Waals surface area contributed by atoms with Gasteiger partial charge in [0.05, 0.1) is 4.90 Å². The number of carbonyl (C=O) groups is 1. The third-order valence-corrected chi connectivity index (χ3v) is 5.77. The first-order valence-corrected chi connectivity index (χ1v) is 9.40. The molecule has 0 aromatic heterocycles. The number of carbonyl (C=O) groups excluding carboxylic acids is 1. The summed E-state index contributed by atoms with van der Waals surface area (Å²) < 4.78 is 26.0. The van der Waals surface area contributed by atoms with Crippen LogP contribution in [0.2, 0.25) is 0 Å². The van der Waals surface area contributed by atoms with Crippen molar-refractivity contribution in [2.24, 2.45) is 0 Å². The fourth-order valence-electron chi connectivity index (χ4n) is 2.78. The molecule has 7 heteroatoms. The zero-order chi connectivity index (χ0) is 17.0. The summed E-state index contributed by atoms with van der Waals surface area (Å²) in [5.41, 5.74) is 1.15. The number of amides is 1. The Morgan fingerprint density at radius 3 is 2.57 bits per heavy atom. The molecule has 0 saturated carbocycles. The molecule has 0 radical (unpaired) electrons. The Balaban J connectivity index is 2.08. The maximum atomic E-state index is 12.4. The lowest BCUT2D eigenvalue weighted by Crippen LogP contribution is -2.40. The Kier molecular flexibility index (Phi) is 5.78. The fraction of sp³-hybridized carbons (Fsp3) is 0.562. The first kappa shape index (κ1) is 17.9. The summed E-state index contributed by atoms with van der Waals surface area (Å²) in [5.74, 6) is -0.235. The predicted molar refractivity (Wildman–Crippen MR) is 90.0 cm³/mol. The molecule has 1 fully saturated rings. The van der Waals surface area contributed by atoms with Crippen molar-refractivity contribution in [1.82, 2.24) is 14.9 Å². The smallest absolute Gasteiger partial charge is 0.251 e. The number of nitrogens with one attached hydrogen (secondary N) is 2. The maximum absolute atomic E-state index is 12.4. The molecule has 23 heavy (non-hydrogen) atoms. The first-order valence-electron chi connectivity index (χ1n) is 7.91. The summed E-state index contributed by atoms with van der Waals surface area (Å²) in [6.45, 7) is 6.61. The minimum absolute atomic E-state index is 0.100. The molecule has 1 aromatic carbocycles. The lowest BCUT2D eigenvalue weighted by molar-refractivity contribution is 0.0939. The van der Waals surface area contributed by atoms with Crippen molar-refractivity contribution in [3.05, 3.63) is 29.3 Å². The van der Waals surface area contributed by atoms with Crippen molar-refractivity contribution in [3.8, 4) is 0 Å². The van der Waals surface area contributed by atoms with Crippen molar-refractivity contribution in [1.29, 1.82) is 0 Å². The van der Waals surface area contributed by atoms with Gasteiger partial charge in [0.25, 0.3) is 5.91 Å². The molecule has 0 aliphatic carbocycles. The van der Waals surface area contributed by atoms with Gasteiger partial charge in [-0.25, -0.2) is 13.1 Å². The summed E-state index contributed by atoms with van der Waals surface area (Å²) in [5, 5.41) is 2.92. The highest BCUT2D eigenvalue weighted by Gasteiger charge is 2.20. The average Bonchev–Trinajstić information content (AvgIpc) is 3.07. The van der Waals surface area contributed by atoms with Crippen molar-refractivity contribution in [3.63, 3.8) is 0 Å². The van der Waals surface area contributed by atoms with Gasteiger partial charge < -0.3 is 5.32 Å². The van der Waals surface area contributed by atoms with Crippen LogP contribution in [0.4, 0.5) is 0 Å². The molecule has 1 amide bonds. The van der Waals surface area contributed by atoms with Crippen LogP contribution in [-0.2, 0) is 10.0 Å². The highest BCUT2D eigenvalue weighted by molar-refractivity contribution is 7.89. The van der Waals surface area contributed by atoms with Crippen molar-refractivity contribution in [2.75, 3.05) is 26.7 Å². The number of hydrogen-bond donors (Lipinski definition) is 2. The van der Waals surface area contributed by atoms with Gasteiger partial charge in [0.1, 0.15) is 0 Å². The van der Waals surface area contributed by atoms with Gasteiger partial charge in [0.2, 0.25) is 10.0 Å². The van der Waals surface area contributed by atoms with Crippen LogP contribution in [0.3, 0.4) is 0 Å². The van der Waals surface area contributed by atoms with E-state index in [9.17, 15) is 13.2 Å². The number of benzene rings is 1.